The molecule has 1 N–H and O–H groups in total. The number of hydrogen-bond acceptors (Lipinski definition) is 3. The molecule has 3 nitrogen and oxygen atoms in total. The van der Waals surface area contributed by atoms with Crippen LogP contribution in [0.2, 0.25) is 0 Å². The Morgan fingerprint density at radius 2 is 2.35 bits per heavy atom. The molecule has 1 fully saturated rings. The third kappa shape index (κ3) is 2.76. The van der Waals surface area contributed by atoms with Crippen LogP contribution in [0.5, 0.6) is 0 Å². The minimum atomic E-state index is 0.752. The van der Waals surface area contributed by atoms with Gasteiger partial charge in [0.2, 0.25) is 0 Å². The normalized spacial score (nSPS) is 15.4. The van der Waals surface area contributed by atoms with Crippen molar-refractivity contribution in [2.45, 2.75) is 38.9 Å². The minimum absolute atomic E-state index is 0.752. The molecule has 17 heavy (non-hydrogen) atoms. The van der Waals surface area contributed by atoms with Gasteiger partial charge in [-0.25, -0.2) is 4.98 Å². The summed E-state index contributed by atoms with van der Waals surface area (Å²) in [6.07, 6.45) is 6.56. The topological polar surface area (TPSA) is 29.9 Å². The smallest absolute Gasteiger partial charge is 0.0952 e. The van der Waals surface area contributed by atoms with Gasteiger partial charge in [0, 0.05) is 28.5 Å². The molecule has 1 saturated carbocycles. The van der Waals surface area contributed by atoms with Crippen molar-refractivity contribution >= 4 is 11.3 Å². The quantitative estimate of drug-likeness (QED) is 0.880. The Kier molecular flexibility index (Phi) is 2.99. The molecule has 1 aliphatic rings. The van der Waals surface area contributed by atoms with Gasteiger partial charge in [-0.2, -0.15) is 0 Å². The first-order chi connectivity index (χ1) is 8.31. The van der Waals surface area contributed by atoms with E-state index in [2.05, 4.69) is 33.9 Å². The van der Waals surface area contributed by atoms with Gasteiger partial charge in [-0.15, -0.1) is 11.3 Å². The van der Waals surface area contributed by atoms with Gasteiger partial charge in [0.25, 0.3) is 0 Å². The van der Waals surface area contributed by atoms with E-state index in [-0.39, 0.29) is 0 Å². The number of thiophene rings is 1. The van der Waals surface area contributed by atoms with Crippen molar-refractivity contribution in [2.24, 2.45) is 0 Å². The maximum absolute atomic E-state index is 4.25. The summed E-state index contributed by atoms with van der Waals surface area (Å²) in [5.74, 6) is 0. The van der Waals surface area contributed by atoms with Gasteiger partial charge in [-0.1, -0.05) is 0 Å². The molecular formula is C13H17N3S. The fraction of sp³-hybridized carbons (Fsp3) is 0.462. The zero-order chi connectivity index (χ0) is 11.7. The van der Waals surface area contributed by atoms with Gasteiger partial charge in [0.15, 0.2) is 0 Å². The average molecular weight is 247 g/mol. The molecule has 0 aromatic carbocycles. The number of nitrogens with zero attached hydrogens (tertiary/aromatic N) is 2. The Morgan fingerprint density at radius 3 is 3.06 bits per heavy atom. The van der Waals surface area contributed by atoms with E-state index in [1.54, 1.807) is 0 Å². The van der Waals surface area contributed by atoms with Crippen molar-refractivity contribution < 1.29 is 0 Å². The average Bonchev–Trinajstić information content (AvgIpc) is 2.90. The van der Waals surface area contributed by atoms with E-state index < -0.39 is 0 Å². The molecule has 0 amide bonds. The summed E-state index contributed by atoms with van der Waals surface area (Å²) in [5.41, 5.74) is 1.28. The maximum Gasteiger partial charge on any atom is 0.0952 e. The lowest BCUT2D eigenvalue weighted by atomic mass is 10.4. The Labute approximate surface area is 106 Å². The third-order valence-electron chi connectivity index (χ3n) is 3.07. The molecule has 1 aliphatic carbocycles. The van der Waals surface area contributed by atoms with E-state index in [1.807, 2.05) is 23.9 Å². The first-order valence-corrected chi connectivity index (χ1v) is 6.90. The van der Waals surface area contributed by atoms with Crippen LogP contribution in [-0.4, -0.2) is 15.6 Å². The molecule has 2 heterocycles. The summed E-state index contributed by atoms with van der Waals surface area (Å²) in [6.45, 7) is 4.03. The second kappa shape index (κ2) is 4.63. The zero-order valence-corrected chi connectivity index (χ0v) is 10.8. The Bertz CT molecular complexity index is 496. The van der Waals surface area contributed by atoms with Crippen LogP contribution in [0.1, 0.15) is 28.3 Å². The molecule has 0 atom stereocenters. The summed E-state index contributed by atoms with van der Waals surface area (Å²) in [5, 5.41) is 3.53. The maximum atomic E-state index is 4.25. The van der Waals surface area contributed by atoms with Crippen molar-refractivity contribution in [1.82, 2.24) is 14.9 Å². The highest BCUT2D eigenvalue weighted by Crippen LogP contribution is 2.20. The van der Waals surface area contributed by atoms with Crippen LogP contribution in [0.15, 0.2) is 24.7 Å². The monoisotopic (exact) mass is 247 g/mol. The lowest BCUT2D eigenvalue weighted by Gasteiger charge is -2.07. The largest absolute Gasteiger partial charge is 0.328 e. The second-order valence-corrected chi connectivity index (χ2v) is 6.05. The standard InChI is InChI=1S/C13H17N3S/c1-10-2-5-13(17-10)8-16-9-14-6-12(16)7-15-11-3-4-11/h2,5-6,9,11,15H,3-4,7-8H2,1H3. The first kappa shape index (κ1) is 11.0. The van der Waals surface area contributed by atoms with Crippen LogP contribution in [0.4, 0.5) is 0 Å². The van der Waals surface area contributed by atoms with Crippen LogP contribution < -0.4 is 5.32 Å². The van der Waals surface area contributed by atoms with E-state index in [9.17, 15) is 0 Å². The Morgan fingerprint density at radius 1 is 1.47 bits per heavy atom. The van der Waals surface area contributed by atoms with Crippen molar-refractivity contribution in [3.63, 3.8) is 0 Å². The van der Waals surface area contributed by atoms with Crippen LogP contribution >= 0.6 is 11.3 Å². The highest BCUT2D eigenvalue weighted by Gasteiger charge is 2.20. The van der Waals surface area contributed by atoms with Crippen molar-refractivity contribution in [3.05, 3.63) is 40.1 Å². The molecule has 90 valence electrons. The third-order valence-corrected chi connectivity index (χ3v) is 4.06. The van der Waals surface area contributed by atoms with Crippen LogP contribution in [0, 0.1) is 6.92 Å². The summed E-state index contributed by atoms with van der Waals surface area (Å²) >= 11 is 1.86. The van der Waals surface area contributed by atoms with E-state index in [1.165, 1.54) is 28.3 Å². The van der Waals surface area contributed by atoms with Crippen LogP contribution in [-0.2, 0) is 13.1 Å². The summed E-state index contributed by atoms with van der Waals surface area (Å²) in [4.78, 5) is 7.02. The van der Waals surface area contributed by atoms with Gasteiger partial charge in [0.1, 0.15) is 0 Å². The number of imidazole rings is 1. The molecule has 2 aromatic rings. The predicted octanol–water partition coefficient (Wildman–Crippen LogP) is 2.55. The number of hydrogen-bond donors (Lipinski definition) is 1. The first-order valence-electron chi connectivity index (χ1n) is 6.09. The molecule has 0 bridgehead atoms. The summed E-state index contributed by atoms with van der Waals surface area (Å²) in [6, 6.07) is 5.14. The van der Waals surface area contributed by atoms with Crippen LogP contribution in [0.3, 0.4) is 0 Å². The zero-order valence-electron chi connectivity index (χ0n) is 10.0. The predicted molar refractivity (Wildman–Crippen MR) is 70.2 cm³/mol. The molecule has 0 spiro atoms. The highest BCUT2D eigenvalue weighted by atomic mass is 32.1. The van der Waals surface area contributed by atoms with Crippen molar-refractivity contribution in [2.75, 3.05) is 0 Å². The van der Waals surface area contributed by atoms with Crippen LogP contribution in [0.25, 0.3) is 0 Å². The van der Waals surface area contributed by atoms with Gasteiger partial charge in [-0.05, 0) is 31.9 Å². The molecular weight excluding hydrogens is 230 g/mol. The molecule has 4 heteroatoms. The highest BCUT2D eigenvalue weighted by molar-refractivity contribution is 7.11. The number of nitrogens with one attached hydrogen (secondary N) is 1. The van der Waals surface area contributed by atoms with Crippen molar-refractivity contribution in [3.8, 4) is 0 Å². The van der Waals surface area contributed by atoms with Gasteiger partial charge >= 0.3 is 0 Å². The molecule has 0 unspecified atom stereocenters. The molecule has 0 saturated heterocycles. The fourth-order valence-electron chi connectivity index (χ4n) is 1.91. The van der Waals surface area contributed by atoms with Gasteiger partial charge in [0.05, 0.1) is 18.6 Å². The van der Waals surface area contributed by atoms with Crippen molar-refractivity contribution in [1.29, 1.82) is 0 Å². The molecule has 2 aromatic heterocycles. The SMILES string of the molecule is Cc1ccc(Cn2cncc2CNC2CC2)s1. The lowest BCUT2D eigenvalue weighted by Crippen LogP contribution is -2.18. The summed E-state index contributed by atoms with van der Waals surface area (Å²) in [7, 11) is 0. The molecule has 0 aliphatic heterocycles. The fourth-order valence-corrected chi connectivity index (χ4v) is 2.80. The molecule has 0 radical (unpaired) electrons. The van der Waals surface area contributed by atoms with E-state index >= 15 is 0 Å². The Hall–Kier alpha value is -1.13. The summed E-state index contributed by atoms with van der Waals surface area (Å²) < 4.78 is 2.24. The van der Waals surface area contributed by atoms with Gasteiger partial charge in [-0.3, -0.25) is 0 Å². The molecule has 3 rings (SSSR count). The van der Waals surface area contributed by atoms with Gasteiger partial charge < -0.3 is 9.88 Å². The van der Waals surface area contributed by atoms with E-state index in [0.717, 1.165) is 19.1 Å². The number of aromatic nitrogens is 2. The van der Waals surface area contributed by atoms with E-state index in [0.29, 0.717) is 0 Å². The number of rotatable bonds is 5. The lowest BCUT2D eigenvalue weighted by molar-refractivity contribution is 0.636. The second-order valence-electron chi connectivity index (χ2n) is 4.68. The number of aryl methyl sites for hydroxylation is 1. The van der Waals surface area contributed by atoms with E-state index in [4.69, 9.17) is 0 Å². The Balaban J connectivity index is 1.67. The minimum Gasteiger partial charge on any atom is -0.328 e.